The van der Waals surface area contributed by atoms with Crippen LogP contribution < -0.4 is 9.62 Å². The van der Waals surface area contributed by atoms with Crippen molar-refractivity contribution < 1.29 is 17.9 Å². The van der Waals surface area contributed by atoms with Crippen molar-refractivity contribution in [3.05, 3.63) is 82.4 Å². The maximum atomic E-state index is 13.6. The second-order valence-corrected chi connectivity index (χ2v) is 12.9. The molecule has 44 heavy (non-hydrogen) atoms. The molecule has 10 nitrogen and oxygen atoms in total. The zero-order valence-corrected chi connectivity index (χ0v) is 26.8. The summed E-state index contributed by atoms with van der Waals surface area (Å²) in [4.78, 5) is 16.5. The van der Waals surface area contributed by atoms with E-state index in [2.05, 4.69) is 15.8 Å². The van der Waals surface area contributed by atoms with Gasteiger partial charge in [-0.25, -0.2) is 27.8 Å². The van der Waals surface area contributed by atoms with Crippen LogP contribution in [-0.4, -0.2) is 52.6 Å². The van der Waals surface area contributed by atoms with Crippen LogP contribution >= 0.6 is 11.3 Å². The van der Waals surface area contributed by atoms with Crippen LogP contribution in [0.25, 0.3) is 22.5 Å². The summed E-state index contributed by atoms with van der Waals surface area (Å²) >= 11 is 1.26. The molecule has 4 aromatic rings. The van der Waals surface area contributed by atoms with Crippen molar-refractivity contribution >= 4 is 49.4 Å². The lowest BCUT2D eigenvalue weighted by Crippen LogP contribution is -2.31. The Bertz CT molecular complexity index is 1900. The Morgan fingerprint density at radius 2 is 1.91 bits per heavy atom. The molecule has 0 aliphatic heterocycles. The summed E-state index contributed by atoms with van der Waals surface area (Å²) in [6.07, 6.45) is 6.14. The highest BCUT2D eigenvalue weighted by Crippen LogP contribution is 2.38. The Kier molecular flexibility index (Phi) is 10.3. The number of aliphatic hydroxyl groups excluding tert-OH is 1. The summed E-state index contributed by atoms with van der Waals surface area (Å²) in [5, 5.41) is 19.5. The Hall–Kier alpha value is -4.38. The Morgan fingerprint density at radius 3 is 2.52 bits per heavy atom. The molecule has 0 amide bonds. The van der Waals surface area contributed by atoms with Gasteiger partial charge in [-0.15, -0.1) is 0 Å². The highest BCUT2D eigenvalue weighted by molar-refractivity contribution is 7.90. The number of aliphatic imine (C=N–C) groups is 1. The lowest BCUT2D eigenvalue weighted by Gasteiger charge is -2.21. The minimum atomic E-state index is -3.70. The number of hydrogen-bond acceptors (Lipinski definition) is 9. The molecular formula is C31H34FN7O3S2. The molecule has 0 aliphatic carbocycles. The number of halogens is 1. The van der Waals surface area contributed by atoms with E-state index in [9.17, 15) is 18.1 Å². The molecule has 0 bridgehead atoms. The van der Waals surface area contributed by atoms with E-state index < -0.39 is 22.4 Å². The number of anilines is 2. The number of benzene rings is 1. The van der Waals surface area contributed by atoms with Crippen molar-refractivity contribution in [2.45, 2.75) is 41.0 Å². The zero-order chi connectivity index (χ0) is 32.0. The van der Waals surface area contributed by atoms with Crippen LogP contribution in [0.1, 0.15) is 50.8 Å². The van der Waals surface area contributed by atoms with Crippen LogP contribution in [0.4, 0.5) is 15.3 Å². The number of nitrogens with one attached hydrogen (secondary N) is 1. The normalized spacial score (nSPS) is 12.3. The number of amidine groups is 1. The van der Waals surface area contributed by atoms with Crippen molar-refractivity contribution in [2.75, 3.05) is 23.8 Å². The fourth-order valence-electron chi connectivity index (χ4n) is 4.55. The molecule has 4 rings (SSSR count). The van der Waals surface area contributed by atoms with Gasteiger partial charge >= 0.3 is 0 Å². The number of aromatic nitrogens is 3. The van der Waals surface area contributed by atoms with E-state index in [0.717, 1.165) is 33.9 Å². The summed E-state index contributed by atoms with van der Waals surface area (Å²) in [7, 11) is -3.70. The van der Waals surface area contributed by atoms with Gasteiger partial charge in [-0.3, -0.25) is 9.12 Å². The van der Waals surface area contributed by atoms with Gasteiger partial charge in [0.15, 0.2) is 5.13 Å². The molecule has 0 radical (unpaired) electrons. The van der Waals surface area contributed by atoms with Crippen LogP contribution in [0, 0.1) is 17.1 Å². The molecule has 0 fully saturated rings. The number of aryl methyl sites for hydroxylation is 1. The van der Waals surface area contributed by atoms with Crippen molar-refractivity contribution in [3.63, 3.8) is 0 Å². The Balaban J connectivity index is 1.83. The molecular weight excluding hydrogens is 602 g/mol. The third-order valence-electron chi connectivity index (χ3n) is 6.47. The highest BCUT2D eigenvalue weighted by Gasteiger charge is 2.24. The van der Waals surface area contributed by atoms with E-state index in [4.69, 9.17) is 15.1 Å². The lowest BCUT2D eigenvalue weighted by molar-refractivity contribution is 0.319. The van der Waals surface area contributed by atoms with Crippen molar-refractivity contribution in [2.24, 2.45) is 4.99 Å². The van der Waals surface area contributed by atoms with Crippen molar-refractivity contribution in [1.82, 2.24) is 19.1 Å². The fourth-order valence-corrected chi connectivity index (χ4v) is 6.35. The van der Waals surface area contributed by atoms with Gasteiger partial charge in [0.25, 0.3) is 0 Å². The molecule has 2 N–H and O–H groups in total. The first kappa shape index (κ1) is 32.5. The number of imidazole rings is 1. The molecule has 0 unspecified atom stereocenters. The number of allylic oxidation sites excluding steroid dienone is 3. The second-order valence-electron chi connectivity index (χ2n) is 10.1. The predicted octanol–water partition coefficient (Wildman–Crippen LogP) is 5.83. The number of fused-ring (bicyclic) bond motifs is 1. The largest absolute Gasteiger partial charge is 0.395 e. The van der Waals surface area contributed by atoms with Gasteiger partial charge in [-0.1, -0.05) is 29.9 Å². The van der Waals surface area contributed by atoms with Crippen molar-refractivity contribution in [1.29, 1.82) is 5.26 Å². The molecule has 230 valence electrons. The molecule has 0 saturated heterocycles. The number of thiazole rings is 1. The summed E-state index contributed by atoms with van der Waals surface area (Å²) in [5.74, 6) is 0.196. The molecule has 3 aromatic heterocycles. The SMILES string of the molecule is CCc1nc2ccc(/C(C=C(C)C)=C/N=C(\C)NS(=O)(=O)CCO)cn2c1N(CC)c1nc(-c2ccc(F)cc2)c(C#N)s1. The maximum absolute atomic E-state index is 13.6. The van der Waals surface area contributed by atoms with Crippen LogP contribution in [0.5, 0.6) is 0 Å². The van der Waals surface area contributed by atoms with Gasteiger partial charge in [0.1, 0.15) is 39.8 Å². The van der Waals surface area contributed by atoms with E-state index in [0.29, 0.717) is 34.2 Å². The molecule has 0 saturated carbocycles. The molecule has 1 aromatic carbocycles. The van der Waals surface area contributed by atoms with Crippen LogP contribution in [0.3, 0.4) is 0 Å². The van der Waals surface area contributed by atoms with E-state index in [1.165, 1.54) is 23.5 Å². The number of rotatable bonds is 11. The summed E-state index contributed by atoms with van der Waals surface area (Å²) in [5.41, 5.74) is 5.30. The monoisotopic (exact) mass is 635 g/mol. The van der Waals surface area contributed by atoms with Crippen LogP contribution in [-0.2, 0) is 16.4 Å². The topological polar surface area (TPSA) is 136 Å². The molecule has 13 heteroatoms. The smallest absolute Gasteiger partial charge is 0.235 e. The van der Waals surface area contributed by atoms with Gasteiger partial charge in [0, 0.05) is 35.6 Å². The minimum absolute atomic E-state index is 0.168. The number of sulfonamides is 1. The minimum Gasteiger partial charge on any atom is -0.395 e. The van der Waals surface area contributed by atoms with Crippen molar-refractivity contribution in [3.8, 4) is 17.3 Å². The fraction of sp³-hybridized carbons (Fsp3) is 0.290. The zero-order valence-electron chi connectivity index (χ0n) is 25.2. The first-order chi connectivity index (χ1) is 21.0. The number of pyridine rings is 1. The number of nitriles is 1. The third-order valence-corrected chi connectivity index (χ3v) is 8.78. The molecule has 0 spiro atoms. The first-order valence-corrected chi connectivity index (χ1v) is 16.4. The molecule has 0 atom stereocenters. The van der Waals surface area contributed by atoms with Gasteiger partial charge in [0.2, 0.25) is 10.0 Å². The molecule has 0 aliphatic rings. The summed E-state index contributed by atoms with van der Waals surface area (Å²) < 4.78 is 42.0. The van der Waals surface area contributed by atoms with Gasteiger partial charge in [-0.05, 0) is 70.5 Å². The average Bonchev–Trinajstić information content (AvgIpc) is 3.57. The third kappa shape index (κ3) is 7.39. The quantitative estimate of drug-likeness (QED) is 0.120. The van der Waals surface area contributed by atoms with Gasteiger partial charge in [0.05, 0.1) is 18.1 Å². The first-order valence-electron chi connectivity index (χ1n) is 14.0. The van der Waals surface area contributed by atoms with Gasteiger partial charge in [-0.2, -0.15) is 5.26 Å². The maximum Gasteiger partial charge on any atom is 0.235 e. The van der Waals surface area contributed by atoms with E-state index >= 15 is 0 Å². The van der Waals surface area contributed by atoms with Crippen LogP contribution in [0.15, 0.2) is 65.4 Å². The van der Waals surface area contributed by atoms with E-state index in [1.807, 2.05) is 61.4 Å². The number of nitrogens with zero attached hydrogens (tertiary/aromatic N) is 6. The van der Waals surface area contributed by atoms with E-state index in [1.54, 1.807) is 25.3 Å². The Labute approximate surface area is 260 Å². The summed E-state index contributed by atoms with van der Waals surface area (Å²) in [6.45, 7) is 9.53. The van der Waals surface area contributed by atoms with Crippen LogP contribution in [0.2, 0.25) is 0 Å². The number of hydrogen-bond donors (Lipinski definition) is 2. The number of aliphatic hydroxyl groups is 1. The predicted molar refractivity (Wildman–Crippen MR) is 174 cm³/mol. The van der Waals surface area contributed by atoms with E-state index in [-0.39, 0.29) is 11.7 Å². The standard InChI is InChI=1S/C31H34FN7O3S2/c1-6-26-30(38(7-2)31-36-29(27(17-33)43-31)22-8-11-25(32)12-9-22)39-19-23(10-13-28(39)35-26)24(16-20(3)4)18-34-21(5)37-44(41,42)15-14-40/h8-13,16,18-19,40H,6-7,14-15H2,1-5H3,(H,34,37)/b24-18+. The molecule has 3 heterocycles. The average molecular weight is 636 g/mol. The van der Waals surface area contributed by atoms with Gasteiger partial charge < -0.3 is 10.0 Å². The lowest BCUT2D eigenvalue weighted by atomic mass is 10.1. The summed E-state index contributed by atoms with van der Waals surface area (Å²) in [6, 6.07) is 12.0. The second kappa shape index (κ2) is 13.9. The highest BCUT2D eigenvalue weighted by atomic mass is 32.2. The Morgan fingerprint density at radius 1 is 1.18 bits per heavy atom.